The molecule has 2 fully saturated rings. The van der Waals surface area contributed by atoms with Crippen LogP contribution in [0.5, 0.6) is 0 Å². The summed E-state index contributed by atoms with van der Waals surface area (Å²) in [5, 5.41) is 5.82. The number of rotatable bonds is 5. The molecule has 1 atom stereocenters. The van der Waals surface area contributed by atoms with E-state index in [1.165, 1.54) is 6.42 Å². The van der Waals surface area contributed by atoms with Crippen molar-refractivity contribution in [2.24, 2.45) is 5.92 Å². The fourth-order valence-electron chi connectivity index (χ4n) is 4.12. The van der Waals surface area contributed by atoms with E-state index < -0.39 is 6.04 Å². The lowest BCUT2D eigenvalue weighted by atomic mass is 9.88. The van der Waals surface area contributed by atoms with Crippen molar-refractivity contribution in [1.82, 2.24) is 15.5 Å². The van der Waals surface area contributed by atoms with E-state index in [-0.39, 0.29) is 30.1 Å². The Morgan fingerprint density at radius 1 is 1.10 bits per heavy atom. The van der Waals surface area contributed by atoms with Crippen molar-refractivity contribution in [3.05, 3.63) is 35.9 Å². The van der Waals surface area contributed by atoms with Gasteiger partial charge in [-0.25, -0.2) is 0 Å². The van der Waals surface area contributed by atoms with Crippen LogP contribution in [0.3, 0.4) is 0 Å². The zero-order valence-corrected chi connectivity index (χ0v) is 17.6. The van der Waals surface area contributed by atoms with Gasteiger partial charge >= 0.3 is 0 Å². The van der Waals surface area contributed by atoms with E-state index in [4.69, 9.17) is 4.74 Å². The molecule has 2 aliphatic rings. The van der Waals surface area contributed by atoms with E-state index in [0.29, 0.717) is 39.3 Å². The van der Waals surface area contributed by atoms with Gasteiger partial charge in [0, 0.05) is 38.4 Å². The minimum atomic E-state index is -0.646. The van der Waals surface area contributed by atoms with Crippen LogP contribution in [0.25, 0.3) is 0 Å². The topological polar surface area (TPSA) is 87.7 Å². The lowest BCUT2D eigenvalue weighted by Crippen LogP contribution is -2.52. The maximum atomic E-state index is 13.4. The fraction of sp³-hybridized carbons (Fsp3) is 0.609. The predicted molar refractivity (Wildman–Crippen MR) is 114 cm³/mol. The summed E-state index contributed by atoms with van der Waals surface area (Å²) in [6.07, 6.45) is 5.75. The second-order valence-corrected chi connectivity index (χ2v) is 8.12. The SMILES string of the molecule is O=C1CCN(C(=O)[C@@H](Cc2ccccc2)NC(=O)C2CCCCC2)CCOCCN1. The quantitative estimate of drug-likeness (QED) is 0.766. The first-order valence-corrected chi connectivity index (χ1v) is 11.1. The zero-order valence-electron chi connectivity index (χ0n) is 17.6. The lowest BCUT2D eigenvalue weighted by molar-refractivity contribution is -0.139. The number of carbonyl (C=O) groups is 3. The van der Waals surface area contributed by atoms with Gasteiger partial charge in [0.15, 0.2) is 0 Å². The first-order chi connectivity index (χ1) is 14.6. The van der Waals surface area contributed by atoms with Gasteiger partial charge in [0.2, 0.25) is 17.7 Å². The number of nitrogens with zero attached hydrogens (tertiary/aromatic N) is 1. The Morgan fingerprint density at radius 2 is 1.87 bits per heavy atom. The van der Waals surface area contributed by atoms with E-state index in [1.807, 2.05) is 30.3 Å². The Morgan fingerprint density at radius 3 is 2.63 bits per heavy atom. The monoisotopic (exact) mass is 415 g/mol. The summed E-state index contributed by atoms with van der Waals surface area (Å²) in [5.74, 6) is -0.291. The number of hydrogen-bond acceptors (Lipinski definition) is 4. The summed E-state index contributed by atoms with van der Waals surface area (Å²) >= 11 is 0. The van der Waals surface area contributed by atoms with Crippen LogP contribution in [0.1, 0.15) is 44.1 Å². The van der Waals surface area contributed by atoms with Crippen molar-refractivity contribution in [3.8, 4) is 0 Å². The minimum absolute atomic E-state index is 0.0158. The van der Waals surface area contributed by atoms with E-state index in [2.05, 4.69) is 10.6 Å². The summed E-state index contributed by atoms with van der Waals surface area (Å²) in [6, 6.07) is 9.08. The lowest BCUT2D eigenvalue weighted by Gasteiger charge is -2.30. The maximum absolute atomic E-state index is 13.4. The average Bonchev–Trinajstić information content (AvgIpc) is 2.78. The first-order valence-electron chi connectivity index (χ1n) is 11.1. The molecular formula is C23H33N3O4. The maximum Gasteiger partial charge on any atom is 0.245 e. The third kappa shape index (κ3) is 6.83. The van der Waals surface area contributed by atoms with Gasteiger partial charge in [0.25, 0.3) is 0 Å². The fourth-order valence-corrected chi connectivity index (χ4v) is 4.12. The molecule has 7 nitrogen and oxygen atoms in total. The van der Waals surface area contributed by atoms with Crippen LogP contribution in [-0.4, -0.2) is 61.5 Å². The molecule has 0 bridgehead atoms. The molecule has 1 aliphatic carbocycles. The zero-order chi connectivity index (χ0) is 21.2. The third-order valence-corrected chi connectivity index (χ3v) is 5.87. The molecule has 1 aliphatic heterocycles. The van der Waals surface area contributed by atoms with Crippen molar-refractivity contribution < 1.29 is 19.1 Å². The van der Waals surface area contributed by atoms with E-state index in [0.717, 1.165) is 31.2 Å². The summed E-state index contributed by atoms with van der Waals surface area (Å²) in [5.41, 5.74) is 0.995. The van der Waals surface area contributed by atoms with Crippen LogP contribution in [-0.2, 0) is 25.5 Å². The van der Waals surface area contributed by atoms with Crippen LogP contribution in [0.15, 0.2) is 30.3 Å². The number of benzene rings is 1. The third-order valence-electron chi connectivity index (χ3n) is 5.87. The Labute approximate surface area is 178 Å². The van der Waals surface area contributed by atoms with Crippen molar-refractivity contribution in [2.75, 3.05) is 32.8 Å². The average molecular weight is 416 g/mol. The van der Waals surface area contributed by atoms with Crippen molar-refractivity contribution in [2.45, 2.75) is 51.0 Å². The molecule has 0 radical (unpaired) electrons. The molecule has 0 unspecified atom stereocenters. The van der Waals surface area contributed by atoms with Crippen LogP contribution in [0.4, 0.5) is 0 Å². The molecule has 30 heavy (non-hydrogen) atoms. The number of nitrogens with one attached hydrogen (secondary N) is 2. The van der Waals surface area contributed by atoms with Crippen molar-refractivity contribution in [1.29, 1.82) is 0 Å². The Hall–Kier alpha value is -2.41. The highest BCUT2D eigenvalue weighted by Crippen LogP contribution is 2.24. The second kappa shape index (κ2) is 11.7. The molecule has 1 aromatic carbocycles. The normalized spacial score (nSPS) is 20.1. The van der Waals surface area contributed by atoms with Gasteiger partial charge in [-0.2, -0.15) is 0 Å². The molecule has 1 heterocycles. The summed E-state index contributed by atoms with van der Waals surface area (Å²) < 4.78 is 5.52. The Kier molecular flexibility index (Phi) is 8.68. The number of ether oxygens (including phenoxy) is 1. The summed E-state index contributed by atoms with van der Waals surface area (Å²) in [4.78, 5) is 39.9. The van der Waals surface area contributed by atoms with Crippen LogP contribution in [0.2, 0.25) is 0 Å². The van der Waals surface area contributed by atoms with Crippen LogP contribution < -0.4 is 10.6 Å². The van der Waals surface area contributed by atoms with Crippen LogP contribution in [0, 0.1) is 5.92 Å². The standard InChI is InChI=1S/C23H33N3O4/c27-21-11-13-26(14-16-30-15-12-24-21)23(29)20(17-18-7-3-1-4-8-18)25-22(28)19-9-5-2-6-10-19/h1,3-4,7-8,19-20H,2,5-6,9-17H2,(H,24,27)(H,25,28)/t20-/m1/s1. The molecule has 164 valence electrons. The molecule has 0 spiro atoms. The molecule has 2 N–H and O–H groups in total. The first kappa shape index (κ1) is 22.3. The molecule has 1 aromatic rings. The highest BCUT2D eigenvalue weighted by atomic mass is 16.5. The van der Waals surface area contributed by atoms with Crippen molar-refractivity contribution >= 4 is 17.7 Å². The van der Waals surface area contributed by atoms with Gasteiger partial charge in [-0.05, 0) is 18.4 Å². The highest BCUT2D eigenvalue weighted by Gasteiger charge is 2.30. The van der Waals surface area contributed by atoms with Gasteiger partial charge in [-0.1, -0.05) is 49.6 Å². The van der Waals surface area contributed by atoms with E-state index >= 15 is 0 Å². The van der Waals surface area contributed by atoms with Gasteiger partial charge in [-0.15, -0.1) is 0 Å². The molecule has 7 heteroatoms. The number of hydrogen-bond donors (Lipinski definition) is 2. The highest BCUT2D eigenvalue weighted by molar-refractivity contribution is 5.89. The van der Waals surface area contributed by atoms with Gasteiger partial charge in [0.05, 0.1) is 13.2 Å². The Balaban J connectivity index is 1.71. The number of amides is 3. The molecule has 1 saturated heterocycles. The number of carbonyl (C=O) groups excluding carboxylic acids is 3. The van der Waals surface area contributed by atoms with Gasteiger partial charge in [0.1, 0.15) is 6.04 Å². The molecule has 3 rings (SSSR count). The summed E-state index contributed by atoms with van der Waals surface area (Å²) in [6.45, 7) is 2.06. The largest absolute Gasteiger partial charge is 0.378 e. The van der Waals surface area contributed by atoms with E-state index in [1.54, 1.807) is 4.90 Å². The predicted octanol–water partition coefficient (Wildman–Crippen LogP) is 1.66. The van der Waals surface area contributed by atoms with Gasteiger partial charge in [-0.3, -0.25) is 14.4 Å². The second-order valence-electron chi connectivity index (χ2n) is 8.12. The molecular weight excluding hydrogens is 382 g/mol. The van der Waals surface area contributed by atoms with Crippen molar-refractivity contribution in [3.63, 3.8) is 0 Å². The molecule has 3 amide bonds. The van der Waals surface area contributed by atoms with Crippen LogP contribution >= 0.6 is 0 Å². The molecule has 0 aromatic heterocycles. The Bertz CT molecular complexity index is 704. The van der Waals surface area contributed by atoms with E-state index in [9.17, 15) is 14.4 Å². The smallest absolute Gasteiger partial charge is 0.245 e. The molecule has 1 saturated carbocycles. The van der Waals surface area contributed by atoms with Gasteiger partial charge < -0.3 is 20.3 Å². The summed E-state index contributed by atoms with van der Waals surface area (Å²) in [7, 11) is 0. The minimum Gasteiger partial charge on any atom is -0.378 e.